The van der Waals surface area contributed by atoms with Crippen LogP contribution in [0.3, 0.4) is 0 Å². The lowest BCUT2D eigenvalue weighted by Gasteiger charge is -2.56. The highest BCUT2D eigenvalue weighted by Crippen LogP contribution is 2.49. The van der Waals surface area contributed by atoms with Crippen molar-refractivity contribution in [2.45, 2.75) is 109 Å². The minimum Gasteiger partial charge on any atom is -0.373 e. The van der Waals surface area contributed by atoms with Gasteiger partial charge in [0, 0.05) is 44.0 Å². The average Bonchev–Trinajstić information content (AvgIpc) is 3.41. The van der Waals surface area contributed by atoms with Crippen molar-refractivity contribution in [1.29, 1.82) is 0 Å². The summed E-state index contributed by atoms with van der Waals surface area (Å²) >= 11 is 0. The molecule has 0 spiro atoms. The molecule has 5 atom stereocenters. The normalized spacial score (nSPS) is 33.4. The van der Waals surface area contributed by atoms with E-state index < -0.39 is 0 Å². The van der Waals surface area contributed by atoms with Gasteiger partial charge in [-0.25, -0.2) is 0 Å². The first-order chi connectivity index (χ1) is 19.0. The van der Waals surface area contributed by atoms with Crippen molar-refractivity contribution >= 4 is 11.6 Å². The van der Waals surface area contributed by atoms with Crippen molar-refractivity contribution in [3.05, 3.63) is 29.3 Å². The number of hydrogen-bond donors (Lipinski definition) is 4. The zero-order chi connectivity index (χ0) is 26.8. The molecule has 216 valence electrons. The van der Waals surface area contributed by atoms with Gasteiger partial charge in [-0.2, -0.15) is 0 Å². The van der Waals surface area contributed by atoms with Gasteiger partial charge in [0.1, 0.15) is 6.04 Å². The van der Waals surface area contributed by atoms with Gasteiger partial charge in [-0.3, -0.25) is 9.69 Å². The lowest BCUT2D eigenvalue weighted by atomic mass is 9.61. The molecule has 6 rings (SSSR count). The molecule has 5 aliphatic rings. The fourth-order valence-corrected chi connectivity index (χ4v) is 8.83. The van der Waals surface area contributed by atoms with Crippen LogP contribution in [0.5, 0.6) is 0 Å². The van der Waals surface area contributed by atoms with E-state index in [2.05, 4.69) is 58.2 Å². The number of benzene rings is 1. The Hall–Kier alpha value is -1.63. The maximum absolute atomic E-state index is 14.0. The smallest absolute Gasteiger partial charge is 0.243 e. The Balaban J connectivity index is 1.24. The van der Waals surface area contributed by atoms with Gasteiger partial charge in [0.05, 0.1) is 6.04 Å². The molecule has 3 heterocycles. The first-order valence-electron chi connectivity index (χ1n) is 16.4. The average molecular weight is 536 g/mol. The van der Waals surface area contributed by atoms with Gasteiger partial charge in [-0.15, -0.1) is 0 Å². The standard InChI is InChI=1S/C33H53N5O/c1-23-10-9-11-27-19-29(36-30(23)27)32(39)37-31(26-14-15-26)33(28-12-7-5-3-4-6-8-13-28)24(2)18-25(20-35-33)21-38-17-16-34-22-38/h9-11,24-26,28-29,31,34-36H,3-8,12-22H2,1-2H3,(H,37,39). The van der Waals surface area contributed by atoms with Crippen LogP contribution in [-0.2, 0) is 11.2 Å². The summed E-state index contributed by atoms with van der Waals surface area (Å²) in [6, 6.07) is 6.52. The zero-order valence-corrected chi connectivity index (χ0v) is 24.6. The molecule has 6 heteroatoms. The molecule has 0 aromatic heterocycles. The Morgan fingerprint density at radius 3 is 2.54 bits per heavy atom. The van der Waals surface area contributed by atoms with Crippen molar-refractivity contribution in [1.82, 2.24) is 20.9 Å². The van der Waals surface area contributed by atoms with E-state index in [0.29, 0.717) is 23.7 Å². The van der Waals surface area contributed by atoms with Crippen LogP contribution in [0, 0.1) is 30.6 Å². The predicted molar refractivity (Wildman–Crippen MR) is 160 cm³/mol. The van der Waals surface area contributed by atoms with Crippen molar-refractivity contribution in [3.63, 3.8) is 0 Å². The molecule has 6 nitrogen and oxygen atoms in total. The third-order valence-electron chi connectivity index (χ3n) is 11.0. The molecule has 39 heavy (non-hydrogen) atoms. The number of aryl methyl sites for hydroxylation is 1. The molecule has 5 unspecified atom stereocenters. The number of nitrogens with zero attached hydrogens (tertiary/aromatic N) is 1. The number of nitrogens with one attached hydrogen (secondary N) is 4. The molecule has 2 saturated carbocycles. The van der Waals surface area contributed by atoms with Crippen LogP contribution in [0.25, 0.3) is 0 Å². The SMILES string of the molecule is Cc1cccc2c1NC(C(=O)NC(C1CC1)C1(C3CCCCCCCC3)NCC(CN3CCNC3)CC1C)C2. The topological polar surface area (TPSA) is 68.4 Å². The lowest BCUT2D eigenvalue weighted by Crippen LogP contribution is -2.72. The fraction of sp³-hybridized carbons (Fsp3) is 0.788. The summed E-state index contributed by atoms with van der Waals surface area (Å²) in [4.78, 5) is 16.6. The molecule has 1 aromatic carbocycles. The van der Waals surface area contributed by atoms with Crippen LogP contribution in [-0.4, -0.2) is 61.3 Å². The largest absolute Gasteiger partial charge is 0.373 e. The minimum atomic E-state index is -0.158. The fourth-order valence-electron chi connectivity index (χ4n) is 8.83. The van der Waals surface area contributed by atoms with Crippen molar-refractivity contribution in [2.24, 2.45) is 23.7 Å². The van der Waals surface area contributed by atoms with E-state index in [9.17, 15) is 4.79 Å². The summed E-state index contributed by atoms with van der Waals surface area (Å²) in [5.41, 5.74) is 3.70. The quantitative estimate of drug-likeness (QED) is 0.403. The summed E-state index contributed by atoms with van der Waals surface area (Å²) in [6.07, 6.45) is 15.4. The maximum Gasteiger partial charge on any atom is 0.243 e. The van der Waals surface area contributed by atoms with Crippen molar-refractivity contribution in [2.75, 3.05) is 38.2 Å². The number of rotatable bonds is 7. The molecule has 3 aliphatic heterocycles. The number of anilines is 1. The second-order valence-corrected chi connectivity index (χ2v) is 13.8. The van der Waals surface area contributed by atoms with Crippen LogP contribution >= 0.6 is 0 Å². The van der Waals surface area contributed by atoms with Gasteiger partial charge in [-0.05, 0) is 80.4 Å². The van der Waals surface area contributed by atoms with E-state index in [1.54, 1.807) is 0 Å². The van der Waals surface area contributed by atoms with Crippen molar-refractivity contribution in [3.8, 4) is 0 Å². The highest BCUT2D eigenvalue weighted by molar-refractivity contribution is 5.88. The number of amides is 1. The first kappa shape index (κ1) is 27.5. The maximum atomic E-state index is 14.0. The monoisotopic (exact) mass is 535 g/mol. The van der Waals surface area contributed by atoms with E-state index in [0.717, 1.165) is 26.2 Å². The van der Waals surface area contributed by atoms with E-state index in [1.807, 2.05) is 0 Å². The van der Waals surface area contributed by atoms with Crippen LogP contribution in [0.1, 0.15) is 88.7 Å². The van der Waals surface area contributed by atoms with Crippen LogP contribution in [0.4, 0.5) is 5.69 Å². The van der Waals surface area contributed by atoms with E-state index >= 15 is 0 Å². The highest BCUT2D eigenvalue weighted by Gasteiger charge is 2.56. The Kier molecular flexibility index (Phi) is 8.53. The Morgan fingerprint density at radius 1 is 1.10 bits per heavy atom. The van der Waals surface area contributed by atoms with E-state index in [1.165, 1.54) is 101 Å². The van der Waals surface area contributed by atoms with Gasteiger partial charge < -0.3 is 21.3 Å². The molecule has 0 bridgehead atoms. The zero-order valence-electron chi connectivity index (χ0n) is 24.6. The summed E-state index contributed by atoms with van der Waals surface area (Å²) in [5, 5.41) is 15.2. The molecule has 4 N–H and O–H groups in total. The number of piperidine rings is 1. The third kappa shape index (κ3) is 5.90. The number of para-hydroxylation sites is 1. The highest BCUT2D eigenvalue weighted by atomic mass is 16.2. The lowest BCUT2D eigenvalue weighted by molar-refractivity contribution is -0.124. The van der Waals surface area contributed by atoms with E-state index in [-0.39, 0.29) is 23.5 Å². The first-order valence-corrected chi connectivity index (χ1v) is 16.4. The Morgan fingerprint density at radius 2 is 1.87 bits per heavy atom. The predicted octanol–water partition coefficient (Wildman–Crippen LogP) is 4.82. The number of carbonyl (C=O) groups excluding carboxylic acids is 1. The second kappa shape index (κ2) is 12.1. The molecular formula is C33H53N5O. The second-order valence-electron chi connectivity index (χ2n) is 13.8. The molecule has 1 amide bonds. The van der Waals surface area contributed by atoms with Gasteiger partial charge in [0.2, 0.25) is 5.91 Å². The molecule has 4 fully saturated rings. The van der Waals surface area contributed by atoms with Gasteiger partial charge in [0.15, 0.2) is 0 Å². The molecule has 0 radical (unpaired) electrons. The van der Waals surface area contributed by atoms with Gasteiger partial charge in [0.25, 0.3) is 0 Å². The van der Waals surface area contributed by atoms with Gasteiger partial charge >= 0.3 is 0 Å². The summed E-state index contributed by atoms with van der Waals surface area (Å²) in [6.45, 7) is 10.3. The summed E-state index contributed by atoms with van der Waals surface area (Å²) in [7, 11) is 0. The van der Waals surface area contributed by atoms with Crippen molar-refractivity contribution < 1.29 is 4.79 Å². The number of hydrogen-bond acceptors (Lipinski definition) is 5. The van der Waals surface area contributed by atoms with Crippen LogP contribution in [0.2, 0.25) is 0 Å². The van der Waals surface area contributed by atoms with Crippen LogP contribution < -0.4 is 21.3 Å². The minimum absolute atomic E-state index is 0.00228. The van der Waals surface area contributed by atoms with E-state index in [4.69, 9.17) is 0 Å². The Bertz CT molecular complexity index is 978. The van der Waals surface area contributed by atoms with Crippen LogP contribution in [0.15, 0.2) is 18.2 Å². The number of carbonyl (C=O) groups is 1. The molecule has 2 saturated heterocycles. The third-order valence-corrected chi connectivity index (χ3v) is 11.0. The van der Waals surface area contributed by atoms with Gasteiger partial charge in [-0.1, -0.05) is 63.6 Å². The summed E-state index contributed by atoms with van der Waals surface area (Å²) in [5.74, 6) is 2.71. The molecule has 1 aromatic rings. The number of fused-ring (bicyclic) bond motifs is 1. The molecular weight excluding hydrogens is 482 g/mol. The Labute approximate surface area is 236 Å². The summed E-state index contributed by atoms with van der Waals surface area (Å²) < 4.78 is 0. The molecule has 2 aliphatic carbocycles.